The highest BCUT2D eigenvalue weighted by atomic mass is 32.1. The minimum Gasteiger partial charge on any atom is -0.257 e. The van der Waals surface area contributed by atoms with Crippen molar-refractivity contribution in [2.24, 2.45) is 0 Å². The van der Waals surface area contributed by atoms with Crippen LogP contribution in [0.25, 0.3) is 10.2 Å². The first-order valence-corrected chi connectivity index (χ1v) is 6.06. The lowest BCUT2D eigenvalue weighted by Gasteiger charge is -2.01. The Bertz CT molecular complexity index is 512. The number of rotatable bonds is 1. The van der Waals surface area contributed by atoms with Crippen LogP contribution in [-0.2, 0) is 0 Å². The van der Waals surface area contributed by atoms with Crippen LogP contribution in [0.3, 0.4) is 0 Å². The van der Waals surface area contributed by atoms with Gasteiger partial charge in [0.2, 0.25) is 0 Å². The number of hydrogen-bond donors (Lipinski definition) is 0. The van der Waals surface area contributed by atoms with E-state index in [9.17, 15) is 0 Å². The summed E-state index contributed by atoms with van der Waals surface area (Å²) in [5, 5.41) is 1.21. The molecule has 0 radical (unpaired) electrons. The maximum absolute atomic E-state index is 4.71. The van der Waals surface area contributed by atoms with Gasteiger partial charge < -0.3 is 0 Å². The standard InChI is InChI=1S/C12H16N2S/c1-6(2)12-14-10-7(3)8(4)13-9(5)11(10)15-12/h6H,1-5H3. The first-order valence-electron chi connectivity index (χ1n) is 5.25. The zero-order chi connectivity index (χ0) is 11.2. The third kappa shape index (κ3) is 1.65. The molecule has 0 saturated carbocycles. The Balaban J connectivity index is 2.80. The molecule has 0 bridgehead atoms. The van der Waals surface area contributed by atoms with Gasteiger partial charge in [0.1, 0.15) is 0 Å². The van der Waals surface area contributed by atoms with Crippen LogP contribution in [0.15, 0.2) is 0 Å². The maximum atomic E-state index is 4.71. The monoisotopic (exact) mass is 220 g/mol. The van der Waals surface area contributed by atoms with E-state index in [-0.39, 0.29) is 0 Å². The second-order valence-electron chi connectivity index (χ2n) is 4.29. The van der Waals surface area contributed by atoms with Crippen molar-refractivity contribution in [3.63, 3.8) is 0 Å². The van der Waals surface area contributed by atoms with E-state index in [0.717, 1.165) is 16.9 Å². The molecule has 2 rings (SSSR count). The fraction of sp³-hybridized carbons (Fsp3) is 0.500. The highest BCUT2D eigenvalue weighted by Crippen LogP contribution is 2.31. The summed E-state index contributed by atoms with van der Waals surface area (Å²) in [6.45, 7) is 10.6. The third-order valence-corrected chi connectivity index (χ3v) is 4.16. The van der Waals surface area contributed by atoms with Gasteiger partial charge in [0.15, 0.2) is 0 Å². The number of pyridine rings is 1. The first kappa shape index (κ1) is 10.6. The Morgan fingerprint density at radius 1 is 1.00 bits per heavy atom. The zero-order valence-electron chi connectivity index (χ0n) is 9.88. The van der Waals surface area contributed by atoms with Crippen molar-refractivity contribution in [2.75, 3.05) is 0 Å². The molecule has 0 saturated heterocycles. The molecule has 2 aromatic heterocycles. The summed E-state index contributed by atoms with van der Waals surface area (Å²) < 4.78 is 1.25. The maximum Gasteiger partial charge on any atom is 0.0964 e. The summed E-state index contributed by atoms with van der Waals surface area (Å²) >= 11 is 1.78. The second kappa shape index (κ2) is 3.56. The fourth-order valence-corrected chi connectivity index (χ4v) is 2.71. The molecule has 0 aliphatic rings. The van der Waals surface area contributed by atoms with Gasteiger partial charge in [-0.1, -0.05) is 13.8 Å². The minimum atomic E-state index is 0.501. The summed E-state index contributed by atoms with van der Waals surface area (Å²) in [7, 11) is 0. The molecule has 0 atom stereocenters. The van der Waals surface area contributed by atoms with E-state index in [2.05, 4.69) is 39.6 Å². The molecule has 0 fully saturated rings. The van der Waals surface area contributed by atoms with Crippen molar-refractivity contribution in [3.8, 4) is 0 Å². The highest BCUT2D eigenvalue weighted by molar-refractivity contribution is 7.18. The van der Waals surface area contributed by atoms with Gasteiger partial charge in [-0.3, -0.25) is 4.98 Å². The second-order valence-corrected chi connectivity index (χ2v) is 5.32. The van der Waals surface area contributed by atoms with Crippen LogP contribution in [0.1, 0.15) is 41.7 Å². The number of aryl methyl sites for hydroxylation is 3. The van der Waals surface area contributed by atoms with E-state index in [1.54, 1.807) is 11.3 Å². The SMILES string of the molecule is Cc1nc(C)c2sc(C(C)C)nc2c1C. The molecular formula is C12H16N2S. The molecule has 2 heterocycles. The van der Waals surface area contributed by atoms with Crippen molar-refractivity contribution in [1.82, 2.24) is 9.97 Å². The number of hydrogen-bond acceptors (Lipinski definition) is 3. The van der Waals surface area contributed by atoms with Crippen molar-refractivity contribution < 1.29 is 0 Å². The number of fused-ring (bicyclic) bond motifs is 1. The lowest BCUT2D eigenvalue weighted by atomic mass is 10.2. The van der Waals surface area contributed by atoms with Crippen LogP contribution in [0, 0.1) is 20.8 Å². The number of nitrogens with zero attached hydrogens (tertiary/aromatic N) is 2. The molecule has 2 aromatic rings. The van der Waals surface area contributed by atoms with Gasteiger partial charge in [-0.2, -0.15) is 0 Å². The number of aromatic nitrogens is 2. The Hall–Kier alpha value is -0.960. The molecule has 0 N–H and O–H groups in total. The molecule has 0 amide bonds. The van der Waals surface area contributed by atoms with Crippen LogP contribution in [0.2, 0.25) is 0 Å². The van der Waals surface area contributed by atoms with Crippen molar-refractivity contribution in [3.05, 3.63) is 22.0 Å². The molecule has 3 heteroatoms. The molecule has 2 nitrogen and oxygen atoms in total. The lowest BCUT2D eigenvalue weighted by Crippen LogP contribution is -1.91. The molecule has 80 valence electrons. The molecular weight excluding hydrogens is 204 g/mol. The normalized spacial score (nSPS) is 11.6. The summed E-state index contributed by atoms with van der Waals surface area (Å²) in [6, 6.07) is 0. The molecule has 0 aromatic carbocycles. The quantitative estimate of drug-likeness (QED) is 0.731. The van der Waals surface area contributed by atoms with E-state index < -0.39 is 0 Å². The third-order valence-electron chi connectivity index (χ3n) is 2.70. The topological polar surface area (TPSA) is 25.8 Å². The van der Waals surface area contributed by atoms with Gasteiger partial charge >= 0.3 is 0 Å². The van der Waals surface area contributed by atoms with Crippen molar-refractivity contribution in [1.29, 1.82) is 0 Å². The average Bonchev–Trinajstić information content (AvgIpc) is 2.59. The Morgan fingerprint density at radius 3 is 2.27 bits per heavy atom. The first-order chi connectivity index (χ1) is 7.00. The average molecular weight is 220 g/mol. The van der Waals surface area contributed by atoms with Gasteiger partial charge in [0, 0.05) is 11.6 Å². The predicted molar refractivity (Wildman–Crippen MR) is 65.7 cm³/mol. The van der Waals surface area contributed by atoms with Crippen molar-refractivity contribution >= 4 is 21.6 Å². The van der Waals surface area contributed by atoms with E-state index in [1.807, 2.05) is 0 Å². The van der Waals surface area contributed by atoms with Crippen LogP contribution in [-0.4, -0.2) is 9.97 Å². The van der Waals surface area contributed by atoms with Crippen LogP contribution in [0.5, 0.6) is 0 Å². The Morgan fingerprint density at radius 2 is 1.67 bits per heavy atom. The van der Waals surface area contributed by atoms with E-state index in [0.29, 0.717) is 5.92 Å². The highest BCUT2D eigenvalue weighted by Gasteiger charge is 2.13. The van der Waals surface area contributed by atoms with Gasteiger partial charge in [-0.05, 0) is 26.3 Å². The van der Waals surface area contributed by atoms with Gasteiger partial charge in [0.25, 0.3) is 0 Å². The molecule has 0 unspecified atom stereocenters. The molecule has 0 aliphatic carbocycles. The minimum absolute atomic E-state index is 0.501. The van der Waals surface area contributed by atoms with Gasteiger partial charge in [-0.25, -0.2) is 4.98 Å². The predicted octanol–water partition coefficient (Wildman–Crippen LogP) is 3.74. The smallest absolute Gasteiger partial charge is 0.0964 e. The largest absolute Gasteiger partial charge is 0.257 e. The fourth-order valence-electron chi connectivity index (χ4n) is 1.64. The Kier molecular flexibility index (Phi) is 2.51. The summed E-state index contributed by atoms with van der Waals surface area (Å²) in [4.78, 5) is 9.26. The summed E-state index contributed by atoms with van der Waals surface area (Å²) in [5.74, 6) is 0.501. The Labute approximate surface area is 94.4 Å². The van der Waals surface area contributed by atoms with E-state index in [1.165, 1.54) is 15.3 Å². The molecule has 0 spiro atoms. The summed E-state index contributed by atoms with van der Waals surface area (Å²) in [6.07, 6.45) is 0. The number of thiazole rings is 1. The van der Waals surface area contributed by atoms with E-state index >= 15 is 0 Å². The van der Waals surface area contributed by atoms with Crippen LogP contribution < -0.4 is 0 Å². The van der Waals surface area contributed by atoms with Gasteiger partial charge in [-0.15, -0.1) is 11.3 Å². The lowest BCUT2D eigenvalue weighted by molar-refractivity contribution is 0.856. The van der Waals surface area contributed by atoms with E-state index in [4.69, 9.17) is 4.98 Å². The van der Waals surface area contributed by atoms with Crippen LogP contribution in [0.4, 0.5) is 0 Å². The van der Waals surface area contributed by atoms with Crippen molar-refractivity contribution in [2.45, 2.75) is 40.5 Å². The molecule has 0 aliphatic heterocycles. The van der Waals surface area contributed by atoms with Crippen LogP contribution >= 0.6 is 11.3 Å². The zero-order valence-corrected chi connectivity index (χ0v) is 10.7. The molecule has 15 heavy (non-hydrogen) atoms. The summed E-state index contributed by atoms with van der Waals surface area (Å²) in [5.41, 5.74) is 4.57. The van der Waals surface area contributed by atoms with Gasteiger partial charge in [0.05, 0.1) is 20.9 Å².